The van der Waals surface area contributed by atoms with Crippen LogP contribution in [0.5, 0.6) is 0 Å². The highest BCUT2D eigenvalue weighted by atomic mass is 32.2. The fraction of sp³-hybridized carbons (Fsp3) is 0.538. The van der Waals surface area contributed by atoms with Gasteiger partial charge in [0, 0.05) is 33.7 Å². The van der Waals surface area contributed by atoms with Crippen LogP contribution in [0.2, 0.25) is 0 Å². The third-order valence-corrected chi connectivity index (χ3v) is 5.28. The second-order valence-electron chi connectivity index (χ2n) is 5.26. The Bertz CT molecular complexity index is 447. The van der Waals surface area contributed by atoms with E-state index in [1.54, 1.807) is 12.1 Å². The van der Waals surface area contributed by atoms with Crippen LogP contribution in [0.1, 0.15) is 32.4 Å². The Hall–Kier alpha value is -0.740. The molecule has 1 fully saturated rings. The van der Waals surface area contributed by atoms with E-state index in [2.05, 4.69) is 5.32 Å². The molecule has 1 aliphatic rings. The standard InChI is InChI=1S/C13H18FNOS/c1-9-12(10-6-4-5-7-11(10)14)15-13(2,3)8-17(9)16/h4-7,9,12,15H,8H2,1-3H3. The molecule has 1 aromatic rings. The highest BCUT2D eigenvalue weighted by Crippen LogP contribution is 2.30. The van der Waals surface area contributed by atoms with Crippen molar-refractivity contribution >= 4 is 10.8 Å². The third-order valence-electron chi connectivity index (χ3n) is 3.17. The molecule has 4 heteroatoms. The highest BCUT2D eigenvalue weighted by Gasteiger charge is 2.38. The Morgan fingerprint density at radius 1 is 1.41 bits per heavy atom. The molecule has 3 unspecified atom stereocenters. The van der Waals surface area contributed by atoms with E-state index >= 15 is 0 Å². The first-order valence-electron chi connectivity index (χ1n) is 5.80. The molecule has 0 saturated carbocycles. The highest BCUT2D eigenvalue weighted by molar-refractivity contribution is 7.85. The van der Waals surface area contributed by atoms with Crippen molar-refractivity contribution in [2.24, 2.45) is 0 Å². The van der Waals surface area contributed by atoms with Crippen molar-refractivity contribution in [3.63, 3.8) is 0 Å². The van der Waals surface area contributed by atoms with Crippen molar-refractivity contribution in [3.05, 3.63) is 35.6 Å². The molecule has 1 heterocycles. The first-order chi connectivity index (χ1) is 7.91. The summed E-state index contributed by atoms with van der Waals surface area (Å²) in [7, 11) is -0.922. The zero-order valence-corrected chi connectivity index (χ0v) is 11.2. The Kier molecular flexibility index (Phi) is 3.36. The van der Waals surface area contributed by atoms with Crippen molar-refractivity contribution in [2.75, 3.05) is 5.75 Å². The van der Waals surface area contributed by atoms with E-state index in [4.69, 9.17) is 0 Å². The van der Waals surface area contributed by atoms with Gasteiger partial charge in [0.05, 0.1) is 5.25 Å². The second kappa shape index (κ2) is 4.50. The van der Waals surface area contributed by atoms with E-state index < -0.39 is 10.8 Å². The van der Waals surface area contributed by atoms with E-state index in [0.29, 0.717) is 11.3 Å². The van der Waals surface area contributed by atoms with Crippen LogP contribution >= 0.6 is 0 Å². The minimum Gasteiger partial charge on any atom is -0.303 e. The van der Waals surface area contributed by atoms with Gasteiger partial charge in [-0.2, -0.15) is 0 Å². The SMILES string of the molecule is CC1C(c2ccccc2F)NC(C)(C)CS1=O. The van der Waals surface area contributed by atoms with Gasteiger partial charge >= 0.3 is 0 Å². The lowest BCUT2D eigenvalue weighted by Crippen LogP contribution is -2.55. The van der Waals surface area contributed by atoms with Crippen molar-refractivity contribution in [1.29, 1.82) is 0 Å². The lowest BCUT2D eigenvalue weighted by molar-refractivity contribution is 0.338. The lowest BCUT2D eigenvalue weighted by atomic mass is 9.98. The summed E-state index contributed by atoms with van der Waals surface area (Å²) in [5.74, 6) is 0.380. The van der Waals surface area contributed by atoms with Crippen LogP contribution in [0.4, 0.5) is 4.39 Å². The number of halogens is 1. The Morgan fingerprint density at radius 3 is 2.71 bits per heavy atom. The second-order valence-corrected chi connectivity index (χ2v) is 7.05. The molecule has 0 radical (unpaired) electrons. The van der Waals surface area contributed by atoms with E-state index in [-0.39, 0.29) is 22.6 Å². The van der Waals surface area contributed by atoms with Crippen LogP contribution in [0.3, 0.4) is 0 Å². The molecule has 17 heavy (non-hydrogen) atoms. The molecule has 0 bridgehead atoms. The van der Waals surface area contributed by atoms with E-state index in [1.165, 1.54) is 6.07 Å². The molecule has 2 rings (SSSR count). The van der Waals surface area contributed by atoms with Gasteiger partial charge in [0.25, 0.3) is 0 Å². The van der Waals surface area contributed by atoms with Crippen molar-refractivity contribution in [2.45, 2.75) is 37.6 Å². The van der Waals surface area contributed by atoms with E-state index in [1.807, 2.05) is 26.8 Å². The predicted octanol–water partition coefficient (Wildman–Crippen LogP) is 2.39. The van der Waals surface area contributed by atoms with Gasteiger partial charge < -0.3 is 5.32 Å². The van der Waals surface area contributed by atoms with Crippen LogP contribution < -0.4 is 5.32 Å². The summed E-state index contributed by atoms with van der Waals surface area (Å²) in [5, 5.41) is 3.33. The molecule has 1 aliphatic heterocycles. The van der Waals surface area contributed by atoms with Gasteiger partial charge in [-0.15, -0.1) is 0 Å². The van der Waals surface area contributed by atoms with Gasteiger partial charge in [0.15, 0.2) is 0 Å². The summed E-state index contributed by atoms with van der Waals surface area (Å²) in [6, 6.07) is 6.53. The first-order valence-corrected chi connectivity index (χ1v) is 7.18. The molecule has 1 saturated heterocycles. The average Bonchev–Trinajstić information content (AvgIpc) is 2.24. The maximum atomic E-state index is 13.8. The summed E-state index contributed by atoms with van der Waals surface area (Å²) in [4.78, 5) is 0. The lowest BCUT2D eigenvalue weighted by Gasteiger charge is -2.40. The number of hydrogen-bond donors (Lipinski definition) is 1. The summed E-state index contributed by atoms with van der Waals surface area (Å²) in [6.07, 6.45) is 0. The van der Waals surface area contributed by atoms with Crippen LogP contribution in [0.15, 0.2) is 24.3 Å². The third kappa shape index (κ3) is 2.58. The molecule has 1 N–H and O–H groups in total. The molecule has 0 amide bonds. The molecule has 94 valence electrons. The Labute approximate surface area is 104 Å². The smallest absolute Gasteiger partial charge is 0.128 e. The van der Waals surface area contributed by atoms with Gasteiger partial charge in [-0.25, -0.2) is 4.39 Å². The quantitative estimate of drug-likeness (QED) is 0.835. The zero-order chi connectivity index (χ0) is 12.6. The molecule has 2 nitrogen and oxygen atoms in total. The molecule has 0 aromatic heterocycles. The number of nitrogens with one attached hydrogen (secondary N) is 1. The molecule has 0 spiro atoms. The fourth-order valence-electron chi connectivity index (χ4n) is 2.28. The van der Waals surface area contributed by atoms with E-state index in [9.17, 15) is 8.60 Å². The summed E-state index contributed by atoms with van der Waals surface area (Å²) in [6.45, 7) is 5.92. The maximum Gasteiger partial charge on any atom is 0.128 e. The average molecular weight is 255 g/mol. The Morgan fingerprint density at radius 2 is 2.06 bits per heavy atom. The van der Waals surface area contributed by atoms with Crippen LogP contribution in [0, 0.1) is 5.82 Å². The van der Waals surface area contributed by atoms with Crippen molar-refractivity contribution in [1.82, 2.24) is 5.32 Å². The number of benzene rings is 1. The Balaban J connectivity index is 2.37. The van der Waals surface area contributed by atoms with Gasteiger partial charge in [0.2, 0.25) is 0 Å². The minimum atomic E-state index is -0.922. The number of rotatable bonds is 1. The fourth-order valence-corrected chi connectivity index (χ4v) is 3.85. The summed E-state index contributed by atoms with van der Waals surface area (Å²) < 4.78 is 25.8. The van der Waals surface area contributed by atoms with Gasteiger partial charge in [-0.3, -0.25) is 4.21 Å². The summed E-state index contributed by atoms with van der Waals surface area (Å²) >= 11 is 0. The van der Waals surface area contributed by atoms with Gasteiger partial charge in [0.1, 0.15) is 5.82 Å². The van der Waals surface area contributed by atoms with Crippen LogP contribution in [0.25, 0.3) is 0 Å². The van der Waals surface area contributed by atoms with E-state index in [0.717, 1.165) is 0 Å². The molecular formula is C13H18FNOS. The maximum absolute atomic E-state index is 13.8. The zero-order valence-electron chi connectivity index (χ0n) is 10.4. The topological polar surface area (TPSA) is 29.1 Å². The van der Waals surface area contributed by atoms with Crippen molar-refractivity contribution in [3.8, 4) is 0 Å². The largest absolute Gasteiger partial charge is 0.303 e. The van der Waals surface area contributed by atoms with Crippen molar-refractivity contribution < 1.29 is 8.60 Å². The van der Waals surface area contributed by atoms with Gasteiger partial charge in [-0.1, -0.05) is 18.2 Å². The normalized spacial score (nSPS) is 32.4. The van der Waals surface area contributed by atoms with Crippen LogP contribution in [-0.2, 0) is 10.8 Å². The van der Waals surface area contributed by atoms with Gasteiger partial charge in [-0.05, 0) is 26.8 Å². The molecule has 1 aromatic carbocycles. The summed E-state index contributed by atoms with van der Waals surface area (Å²) in [5.41, 5.74) is 0.394. The minimum absolute atomic E-state index is 0.0695. The first kappa shape index (κ1) is 12.7. The predicted molar refractivity (Wildman–Crippen MR) is 68.8 cm³/mol. The number of hydrogen-bond acceptors (Lipinski definition) is 2. The molecular weight excluding hydrogens is 237 g/mol. The molecule has 0 aliphatic carbocycles. The van der Waals surface area contributed by atoms with Crippen LogP contribution in [-0.4, -0.2) is 20.8 Å². The molecule has 3 atom stereocenters. The monoisotopic (exact) mass is 255 g/mol.